The van der Waals surface area contributed by atoms with E-state index in [0.717, 1.165) is 0 Å². The molecule has 32 valence electrons. The second kappa shape index (κ2) is 4.80. The van der Waals surface area contributed by atoms with E-state index in [4.69, 9.17) is 19.2 Å². The Bertz CT molecular complexity index is 27.2. The Labute approximate surface area is 55.1 Å². The minimum absolute atomic E-state index is 0. The van der Waals surface area contributed by atoms with Gasteiger partial charge >= 0.3 is 35.3 Å². The van der Waals surface area contributed by atoms with Crippen LogP contribution < -0.4 is 18.9 Å². The van der Waals surface area contributed by atoms with E-state index in [0.29, 0.717) is 0 Å². The molecule has 0 spiro atoms. The summed E-state index contributed by atoms with van der Waals surface area (Å²) in [5, 5.41) is 0. The van der Waals surface area contributed by atoms with Crippen LogP contribution in [0.2, 0.25) is 0 Å². The van der Waals surface area contributed by atoms with Gasteiger partial charge < -0.3 is 19.2 Å². The van der Waals surface area contributed by atoms with E-state index >= 15 is 0 Å². The van der Waals surface area contributed by atoms with Gasteiger partial charge in [-0.05, 0) is 0 Å². The largest absolute Gasteiger partial charge is 4.00 e. The molecule has 0 aliphatic rings. The predicted octanol–water partition coefficient (Wildman–Crippen LogP) is -5.52. The summed E-state index contributed by atoms with van der Waals surface area (Å²) in [7, 11) is -4.61. The molecule has 0 radical (unpaired) electrons. The first-order valence-electron chi connectivity index (χ1n) is 0.894. The van der Waals surface area contributed by atoms with Crippen LogP contribution in [0.15, 0.2) is 0 Å². The third-order valence-electron chi connectivity index (χ3n) is 0. The minimum atomic E-state index is -4.61. The van der Waals surface area contributed by atoms with Gasteiger partial charge in [-0.1, -0.05) is 0 Å². The summed E-state index contributed by atoms with van der Waals surface area (Å²) < 4.78 is 0. The van der Waals surface area contributed by atoms with Crippen LogP contribution >= 0.6 is 0 Å². The quantitative estimate of drug-likeness (QED) is 0.237. The van der Waals surface area contributed by atoms with Gasteiger partial charge in [-0.3, -0.25) is 0 Å². The molecule has 4 N–H and O–H groups in total. The van der Waals surface area contributed by atoms with E-state index in [-0.39, 0.29) is 26.3 Å². The van der Waals surface area contributed by atoms with Crippen LogP contribution in [-0.2, 0) is 0 Å². The Morgan fingerprint density at radius 3 is 0.857 bits per heavy atom. The first-order valence-corrected chi connectivity index (χ1v) is 2.68. The van der Waals surface area contributed by atoms with Crippen molar-refractivity contribution in [3.05, 3.63) is 7.43 Å². The number of rotatable bonds is 0. The van der Waals surface area contributed by atoms with Gasteiger partial charge in [0.25, 0.3) is 0 Å². The van der Waals surface area contributed by atoms with Gasteiger partial charge in [0, 0.05) is 0 Å². The van der Waals surface area contributed by atoms with Crippen LogP contribution in [0, 0.1) is 7.43 Å². The zero-order valence-corrected chi connectivity index (χ0v) is 4.79. The van der Waals surface area contributed by atoms with E-state index < -0.39 is 9.05 Å². The van der Waals surface area contributed by atoms with Crippen molar-refractivity contribution in [2.24, 2.45) is 0 Å². The van der Waals surface area contributed by atoms with E-state index in [1.54, 1.807) is 0 Å². The molecule has 0 aliphatic carbocycles. The fourth-order valence-electron chi connectivity index (χ4n) is 0. The molecule has 0 heterocycles. The first kappa shape index (κ1) is 15.6. The van der Waals surface area contributed by atoms with Crippen molar-refractivity contribution in [2.75, 3.05) is 0 Å². The molecule has 0 amide bonds. The predicted molar refractivity (Wildman–Crippen MR) is 17.9 cm³/mol. The average molecular weight is 115 g/mol. The molecule has 0 atom stereocenters. The fourth-order valence-corrected chi connectivity index (χ4v) is 0. The van der Waals surface area contributed by atoms with Gasteiger partial charge in [-0.2, -0.15) is 0 Å². The molecule has 0 saturated carbocycles. The molecule has 7 heavy (non-hydrogen) atoms. The molecule has 0 aromatic carbocycles. The SMILES string of the molecule is O[Si](O)(O)O.[C+4].[Li+]. The van der Waals surface area contributed by atoms with Gasteiger partial charge in [0.05, 0.1) is 0 Å². The smallest absolute Gasteiger partial charge is 0.368 e. The van der Waals surface area contributed by atoms with E-state index in [1.165, 1.54) is 0 Å². The molecule has 4 nitrogen and oxygen atoms in total. The normalized spacial score (nSPS) is 8.57. The maximum absolute atomic E-state index is 7.33. The summed E-state index contributed by atoms with van der Waals surface area (Å²) in [5.41, 5.74) is 0. The summed E-state index contributed by atoms with van der Waals surface area (Å²) in [6, 6.07) is 0. The topological polar surface area (TPSA) is 80.9 Å². The molecule has 0 aromatic rings. The molecular formula is CH4LiO4Si+5. The summed E-state index contributed by atoms with van der Waals surface area (Å²) in [6.07, 6.45) is 0. The van der Waals surface area contributed by atoms with Gasteiger partial charge in [0.15, 0.2) is 0 Å². The van der Waals surface area contributed by atoms with Crippen molar-refractivity contribution in [1.29, 1.82) is 0 Å². The van der Waals surface area contributed by atoms with E-state index in [1.807, 2.05) is 0 Å². The summed E-state index contributed by atoms with van der Waals surface area (Å²) in [5.74, 6) is 0. The summed E-state index contributed by atoms with van der Waals surface area (Å²) in [6.45, 7) is 0. The van der Waals surface area contributed by atoms with Crippen LogP contribution in [0.5, 0.6) is 0 Å². The van der Waals surface area contributed by atoms with E-state index in [9.17, 15) is 0 Å². The molecule has 0 rings (SSSR count). The Hall–Kier alpha value is 0.654. The van der Waals surface area contributed by atoms with Gasteiger partial charge in [-0.15, -0.1) is 0 Å². The maximum atomic E-state index is 7.33. The van der Waals surface area contributed by atoms with Gasteiger partial charge in [-0.25, -0.2) is 0 Å². The van der Waals surface area contributed by atoms with Crippen LogP contribution in [0.1, 0.15) is 0 Å². The van der Waals surface area contributed by atoms with Gasteiger partial charge in [0.1, 0.15) is 0 Å². The molecule has 6 heteroatoms. The summed E-state index contributed by atoms with van der Waals surface area (Å²) in [4.78, 5) is 29.3. The van der Waals surface area contributed by atoms with Crippen molar-refractivity contribution >= 4 is 9.05 Å². The monoisotopic (exact) mass is 115 g/mol. The minimum Gasteiger partial charge on any atom is -0.368 e. The molecule has 0 aromatic heterocycles. The molecular weight excluding hydrogens is 111 g/mol. The average Bonchev–Trinajstić information content (AvgIpc) is 0.722. The number of hydrogen-bond acceptors (Lipinski definition) is 4. The zero-order chi connectivity index (χ0) is 4.50. The van der Waals surface area contributed by atoms with Crippen molar-refractivity contribution in [2.45, 2.75) is 0 Å². The molecule has 0 fully saturated rings. The second-order valence-electron chi connectivity index (χ2n) is 0.600. The Morgan fingerprint density at radius 1 is 0.857 bits per heavy atom. The van der Waals surface area contributed by atoms with Crippen LogP contribution in [0.4, 0.5) is 0 Å². The standard InChI is InChI=1S/C.Li.H4O4Si/c;;1-5(2,3)4/h;;1-4H/q+4;+1;. The van der Waals surface area contributed by atoms with Crippen molar-refractivity contribution in [3.63, 3.8) is 0 Å². The Balaban J connectivity index is -0.0000000800. The third kappa shape index (κ3) is 337. The first-order chi connectivity index (χ1) is 2.00. The van der Waals surface area contributed by atoms with Gasteiger partial charge in [0.2, 0.25) is 0 Å². The van der Waals surface area contributed by atoms with Crippen molar-refractivity contribution in [1.82, 2.24) is 0 Å². The summed E-state index contributed by atoms with van der Waals surface area (Å²) >= 11 is 0. The Morgan fingerprint density at radius 2 is 0.857 bits per heavy atom. The van der Waals surface area contributed by atoms with Crippen molar-refractivity contribution in [3.8, 4) is 0 Å². The van der Waals surface area contributed by atoms with Crippen LogP contribution in [-0.4, -0.2) is 28.2 Å². The third-order valence-corrected chi connectivity index (χ3v) is 0. The van der Waals surface area contributed by atoms with Crippen LogP contribution in [0.3, 0.4) is 0 Å². The van der Waals surface area contributed by atoms with E-state index in [2.05, 4.69) is 0 Å². The molecule has 0 saturated heterocycles. The van der Waals surface area contributed by atoms with Crippen LogP contribution in [0.25, 0.3) is 0 Å². The number of hydrogen-bond donors (Lipinski definition) is 4. The maximum Gasteiger partial charge on any atom is 4.00 e. The zero-order valence-electron chi connectivity index (χ0n) is 3.79. The Kier molecular flexibility index (Phi) is 10.7. The second-order valence-corrected chi connectivity index (χ2v) is 1.80. The fraction of sp³-hybridized carbons (Fsp3) is 0. The molecule has 0 bridgehead atoms. The molecule has 0 unspecified atom stereocenters. The van der Waals surface area contributed by atoms with Crippen molar-refractivity contribution < 1.29 is 38.0 Å². The molecule has 0 aliphatic heterocycles.